The van der Waals surface area contributed by atoms with E-state index in [2.05, 4.69) is 27.9 Å². The van der Waals surface area contributed by atoms with Gasteiger partial charge in [-0.2, -0.15) is 0 Å². The van der Waals surface area contributed by atoms with Crippen molar-refractivity contribution < 1.29 is 0 Å². The van der Waals surface area contributed by atoms with Gasteiger partial charge in [0.1, 0.15) is 5.82 Å². The lowest BCUT2D eigenvalue weighted by molar-refractivity contribution is 0.653. The molecule has 0 spiro atoms. The van der Waals surface area contributed by atoms with Crippen molar-refractivity contribution in [2.24, 2.45) is 7.05 Å². The summed E-state index contributed by atoms with van der Waals surface area (Å²) in [5, 5.41) is 4.23. The molecule has 96 valence electrons. The van der Waals surface area contributed by atoms with Gasteiger partial charge in [-0.05, 0) is 30.2 Å². The van der Waals surface area contributed by atoms with Crippen LogP contribution in [0.15, 0.2) is 30.6 Å². The molecule has 0 aliphatic rings. The Morgan fingerprint density at radius 1 is 1.39 bits per heavy atom. The van der Waals surface area contributed by atoms with Gasteiger partial charge in [-0.1, -0.05) is 17.7 Å². The molecule has 4 heteroatoms. The van der Waals surface area contributed by atoms with E-state index in [-0.39, 0.29) is 0 Å². The summed E-state index contributed by atoms with van der Waals surface area (Å²) in [6.07, 6.45) is 4.74. The molecule has 0 aliphatic heterocycles. The number of aryl methyl sites for hydroxylation is 2. The number of hydrogen-bond donors (Lipinski definition) is 1. The number of rotatable bonds is 5. The molecule has 0 radical (unpaired) electrons. The molecule has 0 bridgehead atoms. The first-order valence-corrected chi connectivity index (χ1v) is 6.46. The molecular formula is C14H18ClN3. The lowest BCUT2D eigenvalue weighted by Crippen LogP contribution is -2.18. The highest BCUT2D eigenvalue weighted by Crippen LogP contribution is 2.14. The van der Waals surface area contributed by atoms with Crippen molar-refractivity contribution in [3.63, 3.8) is 0 Å². The highest BCUT2D eigenvalue weighted by atomic mass is 35.5. The van der Waals surface area contributed by atoms with E-state index in [9.17, 15) is 0 Å². The van der Waals surface area contributed by atoms with E-state index in [0.29, 0.717) is 0 Å². The monoisotopic (exact) mass is 263 g/mol. The standard InChI is InChI=1S/C14H18ClN3/c1-11-9-13(15)4-3-12(11)10-16-6-5-14-17-7-8-18(14)2/h3-4,7-9,16H,5-6,10H2,1-2H3. The van der Waals surface area contributed by atoms with Gasteiger partial charge in [-0.3, -0.25) is 0 Å². The fourth-order valence-corrected chi connectivity index (χ4v) is 2.14. The highest BCUT2D eigenvalue weighted by molar-refractivity contribution is 6.30. The molecule has 0 unspecified atom stereocenters. The first-order valence-electron chi connectivity index (χ1n) is 6.09. The van der Waals surface area contributed by atoms with Crippen molar-refractivity contribution in [3.05, 3.63) is 52.6 Å². The van der Waals surface area contributed by atoms with Gasteiger partial charge in [0.25, 0.3) is 0 Å². The van der Waals surface area contributed by atoms with Crippen LogP contribution in [-0.2, 0) is 20.0 Å². The Balaban J connectivity index is 1.80. The van der Waals surface area contributed by atoms with E-state index in [0.717, 1.165) is 30.4 Å². The van der Waals surface area contributed by atoms with Crippen molar-refractivity contribution in [1.29, 1.82) is 0 Å². The summed E-state index contributed by atoms with van der Waals surface area (Å²) in [7, 11) is 2.02. The van der Waals surface area contributed by atoms with Crippen molar-refractivity contribution in [3.8, 4) is 0 Å². The van der Waals surface area contributed by atoms with Crippen LogP contribution in [0.1, 0.15) is 17.0 Å². The SMILES string of the molecule is Cc1cc(Cl)ccc1CNCCc1nccn1C. The molecule has 0 saturated heterocycles. The maximum Gasteiger partial charge on any atom is 0.109 e. The topological polar surface area (TPSA) is 29.9 Å². The van der Waals surface area contributed by atoms with Crippen LogP contribution >= 0.6 is 11.6 Å². The van der Waals surface area contributed by atoms with Crippen LogP contribution in [-0.4, -0.2) is 16.1 Å². The summed E-state index contributed by atoms with van der Waals surface area (Å²) in [6.45, 7) is 3.88. The molecule has 1 heterocycles. The van der Waals surface area contributed by atoms with Crippen LogP contribution in [0.25, 0.3) is 0 Å². The second kappa shape index (κ2) is 6.03. The van der Waals surface area contributed by atoms with Gasteiger partial charge in [0, 0.05) is 44.0 Å². The van der Waals surface area contributed by atoms with Crippen LogP contribution in [0.2, 0.25) is 5.02 Å². The van der Waals surface area contributed by atoms with Gasteiger partial charge < -0.3 is 9.88 Å². The Labute approximate surface area is 113 Å². The third kappa shape index (κ3) is 3.34. The summed E-state index contributed by atoms with van der Waals surface area (Å²) in [5.41, 5.74) is 2.52. The number of halogens is 1. The second-order valence-corrected chi connectivity index (χ2v) is 4.89. The number of aromatic nitrogens is 2. The predicted molar refractivity (Wildman–Crippen MR) is 74.8 cm³/mol. The molecule has 0 aliphatic carbocycles. The summed E-state index contributed by atoms with van der Waals surface area (Å²) < 4.78 is 2.05. The molecule has 0 amide bonds. The maximum atomic E-state index is 5.93. The Bertz CT molecular complexity index is 520. The van der Waals surface area contributed by atoms with E-state index in [4.69, 9.17) is 11.6 Å². The smallest absolute Gasteiger partial charge is 0.109 e. The Morgan fingerprint density at radius 3 is 2.89 bits per heavy atom. The third-order valence-corrected chi connectivity index (χ3v) is 3.30. The molecule has 1 aromatic carbocycles. The average molecular weight is 264 g/mol. The normalized spacial score (nSPS) is 10.8. The molecule has 1 N–H and O–H groups in total. The van der Waals surface area contributed by atoms with E-state index in [1.54, 1.807) is 0 Å². The van der Waals surface area contributed by atoms with Crippen molar-refractivity contribution in [2.45, 2.75) is 19.9 Å². The van der Waals surface area contributed by atoms with E-state index >= 15 is 0 Å². The van der Waals surface area contributed by atoms with Gasteiger partial charge in [0.15, 0.2) is 0 Å². The minimum absolute atomic E-state index is 0.796. The van der Waals surface area contributed by atoms with Crippen molar-refractivity contribution in [1.82, 2.24) is 14.9 Å². The van der Waals surface area contributed by atoms with Crippen LogP contribution in [0.3, 0.4) is 0 Å². The molecule has 0 atom stereocenters. The molecule has 18 heavy (non-hydrogen) atoms. The molecule has 2 rings (SSSR count). The van der Waals surface area contributed by atoms with E-state index in [1.165, 1.54) is 11.1 Å². The van der Waals surface area contributed by atoms with Gasteiger partial charge in [-0.15, -0.1) is 0 Å². The largest absolute Gasteiger partial charge is 0.338 e. The van der Waals surface area contributed by atoms with Crippen LogP contribution in [0.4, 0.5) is 0 Å². The number of benzene rings is 1. The number of nitrogens with one attached hydrogen (secondary N) is 1. The summed E-state index contributed by atoms with van der Waals surface area (Å²) in [5.74, 6) is 1.11. The molecular weight excluding hydrogens is 246 g/mol. The Morgan fingerprint density at radius 2 is 2.22 bits per heavy atom. The van der Waals surface area contributed by atoms with Crippen LogP contribution in [0, 0.1) is 6.92 Å². The fraction of sp³-hybridized carbons (Fsp3) is 0.357. The summed E-state index contributed by atoms with van der Waals surface area (Å²) >= 11 is 5.93. The Kier molecular flexibility index (Phi) is 4.39. The lowest BCUT2D eigenvalue weighted by atomic mass is 10.1. The van der Waals surface area contributed by atoms with E-state index in [1.807, 2.05) is 31.6 Å². The van der Waals surface area contributed by atoms with E-state index < -0.39 is 0 Å². The molecule has 3 nitrogen and oxygen atoms in total. The first kappa shape index (κ1) is 13.1. The van der Waals surface area contributed by atoms with Gasteiger partial charge in [0.05, 0.1) is 0 Å². The zero-order valence-electron chi connectivity index (χ0n) is 10.8. The van der Waals surface area contributed by atoms with Gasteiger partial charge >= 0.3 is 0 Å². The van der Waals surface area contributed by atoms with Gasteiger partial charge in [0.2, 0.25) is 0 Å². The first-order chi connectivity index (χ1) is 8.66. The van der Waals surface area contributed by atoms with Crippen LogP contribution in [0.5, 0.6) is 0 Å². The minimum atomic E-state index is 0.796. The molecule has 0 fully saturated rings. The van der Waals surface area contributed by atoms with Crippen molar-refractivity contribution in [2.75, 3.05) is 6.54 Å². The van der Waals surface area contributed by atoms with Crippen molar-refractivity contribution >= 4 is 11.6 Å². The number of nitrogens with zero attached hydrogens (tertiary/aromatic N) is 2. The molecule has 2 aromatic rings. The Hall–Kier alpha value is -1.32. The average Bonchev–Trinajstić information content (AvgIpc) is 2.73. The number of hydrogen-bond acceptors (Lipinski definition) is 2. The second-order valence-electron chi connectivity index (χ2n) is 4.45. The lowest BCUT2D eigenvalue weighted by Gasteiger charge is -2.08. The number of imidazole rings is 1. The van der Waals surface area contributed by atoms with Crippen LogP contribution < -0.4 is 5.32 Å². The summed E-state index contributed by atoms with van der Waals surface area (Å²) in [6, 6.07) is 6.01. The predicted octanol–water partition coefficient (Wildman–Crippen LogP) is 2.71. The highest BCUT2D eigenvalue weighted by Gasteiger charge is 2.01. The zero-order valence-corrected chi connectivity index (χ0v) is 11.5. The molecule has 0 saturated carbocycles. The minimum Gasteiger partial charge on any atom is -0.338 e. The third-order valence-electron chi connectivity index (χ3n) is 3.07. The maximum absolute atomic E-state index is 5.93. The zero-order chi connectivity index (χ0) is 13.0. The molecule has 1 aromatic heterocycles. The summed E-state index contributed by atoms with van der Waals surface area (Å²) in [4.78, 5) is 4.29. The van der Waals surface area contributed by atoms with Gasteiger partial charge in [-0.25, -0.2) is 4.98 Å². The fourth-order valence-electron chi connectivity index (χ4n) is 1.92. The quantitative estimate of drug-likeness (QED) is 0.841.